The highest BCUT2D eigenvalue weighted by atomic mass is 16.3. The molecule has 0 amide bonds. The number of nitrogens with zero attached hydrogens (tertiary/aromatic N) is 5. The van der Waals surface area contributed by atoms with E-state index in [0.29, 0.717) is 19.0 Å². The van der Waals surface area contributed by atoms with Crippen LogP contribution in [0.15, 0.2) is 12.7 Å². The Morgan fingerprint density at radius 2 is 2.46 bits per heavy atom. The Kier molecular flexibility index (Phi) is 3.39. The standard InChI is InChI=1S/C7H13N5O/c1-3-4-12(5-6-13)7-8-9-10-11(7)2/h3,13H,1,4-6H2,2H3. The van der Waals surface area contributed by atoms with Crippen LogP contribution in [0.2, 0.25) is 0 Å². The average Bonchev–Trinajstić information content (AvgIpc) is 2.51. The van der Waals surface area contributed by atoms with E-state index in [1.165, 1.54) is 0 Å². The highest BCUT2D eigenvalue weighted by Crippen LogP contribution is 2.05. The molecule has 0 aromatic carbocycles. The summed E-state index contributed by atoms with van der Waals surface area (Å²) in [7, 11) is 1.75. The summed E-state index contributed by atoms with van der Waals surface area (Å²) >= 11 is 0. The Morgan fingerprint density at radius 1 is 1.69 bits per heavy atom. The van der Waals surface area contributed by atoms with Gasteiger partial charge in [0, 0.05) is 20.1 Å². The maximum Gasteiger partial charge on any atom is 0.245 e. The van der Waals surface area contributed by atoms with E-state index in [9.17, 15) is 0 Å². The molecule has 0 aliphatic rings. The summed E-state index contributed by atoms with van der Waals surface area (Å²) in [6.45, 7) is 4.81. The van der Waals surface area contributed by atoms with Crippen molar-refractivity contribution in [3.8, 4) is 0 Å². The van der Waals surface area contributed by atoms with Gasteiger partial charge in [-0.05, 0) is 10.4 Å². The molecule has 1 heterocycles. The van der Waals surface area contributed by atoms with E-state index in [0.717, 1.165) is 0 Å². The summed E-state index contributed by atoms with van der Waals surface area (Å²) in [5, 5.41) is 19.8. The van der Waals surface area contributed by atoms with Gasteiger partial charge in [0.05, 0.1) is 6.61 Å². The molecule has 1 aromatic heterocycles. The lowest BCUT2D eigenvalue weighted by molar-refractivity contribution is 0.302. The van der Waals surface area contributed by atoms with Crippen molar-refractivity contribution in [1.82, 2.24) is 20.2 Å². The SMILES string of the molecule is C=CCN(CCO)c1nnnn1C. The lowest BCUT2D eigenvalue weighted by Crippen LogP contribution is -2.29. The number of hydrogen-bond donors (Lipinski definition) is 1. The highest BCUT2D eigenvalue weighted by Gasteiger charge is 2.10. The summed E-state index contributed by atoms with van der Waals surface area (Å²) in [5.74, 6) is 0.633. The van der Waals surface area contributed by atoms with Crippen LogP contribution in [0, 0.1) is 0 Å². The zero-order valence-corrected chi connectivity index (χ0v) is 7.59. The lowest BCUT2D eigenvalue weighted by Gasteiger charge is -2.18. The number of anilines is 1. The fraction of sp³-hybridized carbons (Fsp3) is 0.571. The number of aliphatic hydroxyl groups excluding tert-OH is 1. The van der Waals surface area contributed by atoms with Gasteiger partial charge < -0.3 is 10.0 Å². The molecule has 1 aromatic rings. The number of tetrazole rings is 1. The maximum atomic E-state index is 8.80. The van der Waals surface area contributed by atoms with Crippen molar-refractivity contribution < 1.29 is 5.11 Å². The summed E-state index contributed by atoms with van der Waals surface area (Å²) in [5.41, 5.74) is 0. The van der Waals surface area contributed by atoms with E-state index >= 15 is 0 Å². The number of aliphatic hydroxyl groups is 1. The quantitative estimate of drug-likeness (QED) is 0.605. The zero-order chi connectivity index (χ0) is 9.68. The van der Waals surface area contributed by atoms with Gasteiger partial charge in [-0.25, -0.2) is 4.68 Å². The first kappa shape index (κ1) is 9.66. The van der Waals surface area contributed by atoms with Crippen molar-refractivity contribution in [2.24, 2.45) is 7.05 Å². The van der Waals surface area contributed by atoms with Crippen LogP contribution in [-0.2, 0) is 7.05 Å². The molecule has 0 bridgehead atoms. The molecule has 0 aliphatic carbocycles. The van der Waals surface area contributed by atoms with Crippen LogP contribution in [0.1, 0.15) is 0 Å². The molecular formula is C7H13N5O. The van der Waals surface area contributed by atoms with Crippen molar-refractivity contribution in [3.05, 3.63) is 12.7 Å². The van der Waals surface area contributed by atoms with Crippen molar-refractivity contribution >= 4 is 5.95 Å². The van der Waals surface area contributed by atoms with E-state index in [4.69, 9.17) is 5.11 Å². The van der Waals surface area contributed by atoms with Crippen LogP contribution in [0.4, 0.5) is 5.95 Å². The second kappa shape index (κ2) is 4.56. The Hall–Kier alpha value is -1.43. The van der Waals surface area contributed by atoms with Crippen molar-refractivity contribution in [3.63, 3.8) is 0 Å². The second-order valence-electron chi connectivity index (χ2n) is 2.56. The number of aromatic nitrogens is 4. The average molecular weight is 183 g/mol. The third-order valence-electron chi connectivity index (χ3n) is 1.60. The lowest BCUT2D eigenvalue weighted by atomic mass is 10.5. The maximum absolute atomic E-state index is 8.80. The minimum atomic E-state index is 0.0701. The zero-order valence-electron chi connectivity index (χ0n) is 7.59. The van der Waals surface area contributed by atoms with Gasteiger partial charge in [-0.2, -0.15) is 0 Å². The van der Waals surface area contributed by atoms with E-state index in [1.54, 1.807) is 17.8 Å². The Labute approximate surface area is 76.5 Å². The van der Waals surface area contributed by atoms with Gasteiger partial charge in [-0.3, -0.25) is 0 Å². The van der Waals surface area contributed by atoms with E-state index in [2.05, 4.69) is 22.1 Å². The Bertz CT molecular complexity index is 272. The normalized spacial score (nSPS) is 10.0. The summed E-state index contributed by atoms with van der Waals surface area (Å²) in [6, 6.07) is 0. The number of aryl methyl sites for hydroxylation is 1. The first-order valence-electron chi connectivity index (χ1n) is 3.98. The Balaban J connectivity index is 2.74. The summed E-state index contributed by atoms with van der Waals surface area (Å²) in [4.78, 5) is 1.84. The van der Waals surface area contributed by atoms with Crippen LogP contribution in [0.25, 0.3) is 0 Å². The van der Waals surface area contributed by atoms with Gasteiger partial charge in [-0.1, -0.05) is 11.2 Å². The largest absolute Gasteiger partial charge is 0.395 e. The van der Waals surface area contributed by atoms with Crippen molar-refractivity contribution in [2.75, 3.05) is 24.6 Å². The molecule has 6 heteroatoms. The third-order valence-corrected chi connectivity index (χ3v) is 1.60. The fourth-order valence-electron chi connectivity index (χ4n) is 1.04. The molecule has 0 saturated heterocycles. The molecular weight excluding hydrogens is 170 g/mol. The molecule has 0 atom stereocenters. The minimum absolute atomic E-state index is 0.0701. The fourth-order valence-corrected chi connectivity index (χ4v) is 1.04. The predicted molar refractivity (Wildman–Crippen MR) is 48.3 cm³/mol. The Morgan fingerprint density at radius 3 is 2.92 bits per heavy atom. The van der Waals surface area contributed by atoms with Crippen LogP contribution >= 0.6 is 0 Å². The number of hydrogen-bond acceptors (Lipinski definition) is 5. The van der Waals surface area contributed by atoms with E-state index in [1.807, 2.05) is 4.90 Å². The molecule has 0 fully saturated rings. The van der Waals surface area contributed by atoms with Crippen molar-refractivity contribution in [2.45, 2.75) is 0 Å². The van der Waals surface area contributed by atoms with Crippen LogP contribution in [0.5, 0.6) is 0 Å². The monoisotopic (exact) mass is 183 g/mol. The molecule has 0 saturated carbocycles. The van der Waals surface area contributed by atoms with Gasteiger partial charge >= 0.3 is 0 Å². The van der Waals surface area contributed by atoms with Gasteiger partial charge in [0.25, 0.3) is 0 Å². The first-order chi connectivity index (χ1) is 6.29. The van der Waals surface area contributed by atoms with Crippen LogP contribution in [0.3, 0.4) is 0 Å². The molecule has 72 valence electrons. The molecule has 0 spiro atoms. The van der Waals surface area contributed by atoms with Crippen molar-refractivity contribution in [1.29, 1.82) is 0 Å². The summed E-state index contributed by atoms with van der Waals surface area (Å²) in [6.07, 6.45) is 1.74. The summed E-state index contributed by atoms with van der Waals surface area (Å²) < 4.78 is 1.55. The number of rotatable bonds is 5. The van der Waals surface area contributed by atoms with E-state index in [-0.39, 0.29) is 6.61 Å². The van der Waals surface area contributed by atoms with Gasteiger partial charge in [-0.15, -0.1) is 6.58 Å². The van der Waals surface area contributed by atoms with Gasteiger partial charge in [0.2, 0.25) is 5.95 Å². The molecule has 1 rings (SSSR count). The smallest absolute Gasteiger partial charge is 0.245 e. The molecule has 0 unspecified atom stereocenters. The molecule has 0 aliphatic heterocycles. The molecule has 13 heavy (non-hydrogen) atoms. The molecule has 1 N–H and O–H groups in total. The molecule has 0 radical (unpaired) electrons. The first-order valence-corrected chi connectivity index (χ1v) is 3.98. The highest BCUT2D eigenvalue weighted by molar-refractivity contribution is 5.28. The van der Waals surface area contributed by atoms with Crippen LogP contribution < -0.4 is 4.90 Å². The van der Waals surface area contributed by atoms with Gasteiger partial charge in [0.1, 0.15) is 0 Å². The van der Waals surface area contributed by atoms with Crippen LogP contribution in [-0.4, -0.2) is 45.0 Å². The topological polar surface area (TPSA) is 67.1 Å². The minimum Gasteiger partial charge on any atom is -0.395 e. The molecule has 6 nitrogen and oxygen atoms in total. The van der Waals surface area contributed by atoms with E-state index < -0.39 is 0 Å². The second-order valence-corrected chi connectivity index (χ2v) is 2.56. The van der Waals surface area contributed by atoms with Gasteiger partial charge in [0.15, 0.2) is 0 Å². The third kappa shape index (κ3) is 2.25. The predicted octanol–water partition coefficient (Wildman–Crippen LogP) is -0.805.